The summed E-state index contributed by atoms with van der Waals surface area (Å²) < 4.78 is 16.2. The lowest BCUT2D eigenvalue weighted by atomic mass is 10.1. The minimum atomic E-state index is -0.301. The van der Waals surface area contributed by atoms with E-state index in [0.29, 0.717) is 17.9 Å². The number of amides is 1. The van der Waals surface area contributed by atoms with Gasteiger partial charge in [0.25, 0.3) is 5.91 Å². The molecule has 1 aromatic carbocycles. The quantitative estimate of drug-likeness (QED) is 0.595. The monoisotopic (exact) mass is 336 g/mol. The SMILES string of the molecule is C[C@H](Cc1cc2ccccc2o1)NC(=O)c1cc(-c2ccco2)on1. The molecule has 0 radical (unpaired) electrons. The average Bonchev–Trinajstić information content (AvgIpc) is 3.33. The van der Waals surface area contributed by atoms with E-state index >= 15 is 0 Å². The van der Waals surface area contributed by atoms with Crippen molar-refractivity contribution in [2.45, 2.75) is 19.4 Å². The maximum absolute atomic E-state index is 12.3. The third kappa shape index (κ3) is 3.19. The van der Waals surface area contributed by atoms with Crippen molar-refractivity contribution in [1.29, 1.82) is 0 Å². The zero-order valence-corrected chi connectivity index (χ0v) is 13.6. The molecule has 126 valence electrons. The number of para-hydroxylation sites is 1. The molecule has 3 heterocycles. The molecule has 0 spiro atoms. The third-order valence-electron chi connectivity index (χ3n) is 3.87. The number of hydrogen-bond donors (Lipinski definition) is 1. The van der Waals surface area contributed by atoms with E-state index in [4.69, 9.17) is 13.4 Å². The minimum Gasteiger partial charge on any atom is -0.461 e. The third-order valence-corrected chi connectivity index (χ3v) is 3.87. The van der Waals surface area contributed by atoms with Crippen molar-refractivity contribution in [2.24, 2.45) is 0 Å². The highest BCUT2D eigenvalue weighted by atomic mass is 16.5. The van der Waals surface area contributed by atoms with Crippen molar-refractivity contribution in [3.63, 3.8) is 0 Å². The largest absolute Gasteiger partial charge is 0.461 e. The molecule has 6 heteroatoms. The minimum absolute atomic E-state index is 0.114. The van der Waals surface area contributed by atoms with Gasteiger partial charge >= 0.3 is 0 Å². The van der Waals surface area contributed by atoms with Crippen molar-refractivity contribution < 1.29 is 18.2 Å². The van der Waals surface area contributed by atoms with Crippen molar-refractivity contribution in [2.75, 3.05) is 0 Å². The van der Waals surface area contributed by atoms with Crippen LogP contribution in [0.4, 0.5) is 0 Å². The molecule has 1 amide bonds. The Morgan fingerprint density at radius 1 is 1.16 bits per heavy atom. The molecule has 3 aromatic heterocycles. The number of rotatable bonds is 5. The number of benzene rings is 1. The summed E-state index contributed by atoms with van der Waals surface area (Å²) in [5.74, 6) is 1.47. The Labute approximate surface area is 143 Å². The fourth-order valence-corrected chi connectivity index (χ4v) is 2.71. The summed E-state index contributed by atoms with van der Waals surface area (Å²) in [5.41, 5.74) is 1.05. The van der Waals surface area contributed by atoms with Gasteiger partial charge in [0.05, 0.1) is 6.26 Å². The first kappa shape index (κ1) is 15.3. The molecule has 0 unspecified atom stereocenters. The summed E-state index contributed by atoms with van der Waals surface area (Å²) in [6.07, 6.45) is 2.12. The number of carbonyl (C=O) groups is 1. The van der Waals surface area contributed by atoms with E-state index in [9.17, 15) is 4.79 Å². The lowest BCUT2D eigenvalue weighted by Crippen LogP contribution is -2.34. The summed E-state index contributed by atoms with van der Waals surface area (Å²) in [4.78, 5) is 12.3. The number of hydrogen-bond acceptors (Lipinski definition) is 5. The van der Waals surface area contributed by atoms with Gasteiger partial charge in [-0.15, -0.1) is 0 Å². The van der Waals surface area contributed by atoms with Crippen LogP contribution in [0.15, 0.2) is 68.2 Å². The Morgan fingerprint density at radius 3 is 2.84 bits per heavy atom. The van der Waals surface area contributed by atoms with Gasteiger partial charge in [-0.05, 0) is 31.2 Å². The Balaban J connectivity index is 1.41. The number of aromatic nitrogens is 1. The molecule has 1 atom stereocenters. The molecular weight excluding hydrogens is 320 g/mol. The fourth-order valence-electron chi connectivity index (χ4n) is 2.71. The van der Waals surface area contributed by atoms with Crippen LogP contribution in [0.2, 0.25) is 0 Å². The van der Waals surface area contributed by atoms with E-state index in [1.54, 1.807) is 18.2 Å². The molecule has 0 bridgehead atoms. The van der Waals surface area contributed by atoms with Crippen LogP contribution < -0.4 is 5.32 Å². The smallest absolute Gasteiger partial charge is 0.273 e. The standard InChI is InChI=1S/C19H16N2O4/c1-12(9-14-10-13-5-2-3-6-16(13)24-14)20-19(22)15-11-18(25-21-15)17-7-4-8-23-17/h2-8,10-12H,9H2,1H3,(H,20,22)/t12-/m1/s1. The number of furan rings is 2. The maximum Gasteiger partial charge on any atom is 0.273 e. The van der Waals surface area contributed by atoms with Gasteiger partial charge in [0.1, 0.15) is 11.3 Å². The normalized spacial score (nSPS) is 12.4. The molecule has 0 saturated carbocycles. The van der Waals surface area contributed by atoms with E-state index in [1.807, 2.05) is 37.3 Å². The Kier molecular flexibility index (Phi) is 3.85. The van der Waals surface area contributed by atoms with Crippen LogP contribution in [0, 0.1) is 0 Å². The van der Waals surface area contributed by atoms with Gasteiger partial charge in [-0.3, -0.25) is 4.79 Å². The molecule has 0 aliphatic carbocycles. The van der Waals surface area contributed by atoms with Crippen LogP contribution in [0.5, 0.6) is 0 Å². The molecule has 0 saturated heterocycles. The molecular formula is C19H16N2O4. The number of carbonyl (C=O) groups excluding carboxylic acids is 1. The number of nitrogens with zero attached hydrogens (tertiary/aromatic N) is 1. The van der Waals surface area contributed by atoms with Crippen molar-refractivity contribution in [3.8, 4) is 11.5 Å². The van der Waals surface area contributed by atoms with Gasteiger partial charge in [-0.25, -0.2) is 0 Å². The molecule has 1 N–H and O–H groups in total. The summed E-state index contributed by atoms with van der Waals surface area (Å²) >= 11 is 0. The van der Waals surface area contributed by atoms with E-state index in [2.05, 4.69) is 10.5 Å². The van der Waals surface area contributed by atoms with Gasteiger partial charge in [-0.1, -0.05) is 23.4 Å². The van der Waals surface area contributed by atoms with Gasteiger partial charge < -0.3 is 18.7 Å². The first-order valence-corrected chi connectivity index (χ1v) is 7.98. The molecule has 25 heavy (non-hydrogen) atoms. The summed E-state index contributed by atoms with van der Waals surface area (Å²) in [6, 6.07) is 14.7. The van der Waals surface area contributed by atoms with Gasteiger partial charge in [0.15, 0.2) is 11.5 Å². The second-order valence-corrected chi connectivity index (χ2v) is 5.88. The molecule has 0 aliphatic heterocycles. The van der Waals surface area contributed by atoms with Crippen LogP contribution in [0.3, 0.4) is 0 Å². The molecule has 4 aromatic rings. The van der Waals surface area contributed by atoms with Gasteiger partial charge in [0, 0.05) is 23.9 Å². The van der Waals surface area contributed by atoms with Crippen molar-refractivity contribution in [3.05, 3.63) is 66.2 Å². The Hall–Kier alpha value is -3.28. The highest BCUT2D eigenvalue weighted by molar-refractivity contribution is 5.93. The van der Waals surface area contributed by atoms with Crippen LogP contribution >= 0.6 is 0 Å². The Morgan fingerprint density at radius 2 is 2.04 bits per heavy atom. The fraction of sp³-hybridized carbons (Fsp3) is 0.158. The van der Waals surface area contributed by atoms with Crippen LogP contribution in [0.25, 0.3) is 22.5 Å². The second-order valence-electron chi connectivity index (χ2n) is 5.88. The van der Waals surface area contributed by atoms with Crippen LogP contribution in [-0.2, 0) is 6.42 Å². The average molecular weight is 336 g/mol. The van der Waals surface area contributed by atoms with Crippen LogP contribution in [0.1, 0.15) is 23.2 Å². The lowest BCUT2D eigenvalue weighted by Gasteiger charge is -2.10. The predicted octanol–water partition coefficient (Wildman–Crippen LogP) is 4.04. The maximum atomic E-state index is 12.3. The van der Waals surface area contributed by atoms with Gasteiger partial charge in [-0.2, -0.15) is 0 Å². The lowest BCUT2D eigenvalue weighted by molar-refractivity contribution is 0.0930. The van der Waals surface area contributed by atoms with E-state index in [-0.39, 0.29) is 17.6 Å². The zero-order valence-electron chi connectivity index (χ0n) is 13.6. The van der Waals surface area contributed by atoms with E-state index in [0.717, 1.165) is 16.7 Å². The van der Waals surface area contributed by atoms with E-state index in [1.165, 1.54) is 6.26 Å². The molecule has 0 aliphatic rings. The van der Waals surface area contributed by atoms with Gasteiger partial charge in [0.2, 0.25) is 5.76 Å². The number of nitrogens with one attached hydrogen (secondary N) is 1. The molecule has 4 rings (SSSR count). The van der Waals surface area contributed by atoms with Crippen molar-refractivity contribution >= 4 is 16.9 Å². The van der Waals surface area contributed by atoms with Crippen molar-refractivity contribution in [1.82, 2.24) is 10.5 Å². The summed E-state index contributed by atoms with van der Waals surface area (Å²) in [5, 5.41) is 7.74. The Bertz CT molecular complexity index is 964. The predicted molar refractivity (Wildman–Crippen MR) is 91.1 cm³/mol. The topological polar surface area (TPSA) is 81.4 Å². The highest BCUT2D eigenvalue weighted by Gasteiger charge is 2.18. The highest BCUT2D eigenvalue weighted by Crippen LogP contribution is 2.21. The second kappa shape index (κ2) is 6.32. The molecule has 0 fully saturated rings. The first-order valence-electron chi connectivity index (χ1n) is 7.98. The molecule has 6 nitrogen and oxygen atoms in total. The number of fused-ring (bicyclic) bond motifs is 1. The summed E-state index contributed by atoms with van der Waals surface area (Å²) in [6.45, 7) is 1.92. The van der Waals surface area contributed by atoms with E-state index < -0.39 is 0 Å². The zero-order chi connectivity index (χ0) is 17.2. The van der Waals surface area contributed by atoms with Crippen LogP contribution in [-0.4, -0.2) is 17.1 Å². The first-order chi connectivity index (χ1) is 12.2. The summed E-state index contributed by atoms with van der Waals surface area (Å²) in [7, 11) is 0.